The van der Waals surface area contributed by atoms with Crippen LogP contribution in [0.1, 0.15) is 5.56 Å². The fourth-order valence-corrected chi connectivity index (χ4v) is 2.95. The summed E-state index contributed by atoms with van der Waals surface area (Å²) in [6, 6.07) is 24.7. The normalized spacial score (nSPS) is 12.7. The van der Waals surface area contributed by atoms with Crippen molar-refractivity contribution < 1.29 is 0 Å². The Hall–Kier alpha value is -3.85. The largest absolute Gasteiger partial charge is 0.356 e. The Morgan fingerprint density at radius 2 is 1.00 bits per heavy atom. The van der Waals surface area contributed by atoms with Gasteiger partial charge in [0.05, 0.1) is 11.4 Å². The molecule has 29 heavy (non-hydrogen) atoms. The standard InChI is InChI=1S/C26H23N3/c1-19-3-7-21(8-4-19)27-23-11-15-25(16-12-23)29-26-17-13-24(14-18-26)28-22-9-5-20(2)6-10-22/h3-18,28-29H,1H2,2H3. The van der Waals surface area contributed by atoms with Crippen molar-refractivity contribution in [2.24, 2.45) is 4.99 Å². The van der Waals surface area contributed by atoms with Crippen molar-refractivity contribution in [2.45, 2.75) is 6.92 Å². The third-order valence-corrected chi connectivity index (χ3v) is 4.58. The van der Waals surface area contributed by atoms with E-state index in [4.69, 9.17) is 0 Å². The number of allylic oxidation sites excluding steroid dienone is 5. The van der Waals surface area contributed by atoms with Gasteiger partial charge in [-0.1, -0.05) is 36.4 Å². The van der Waals surface area contributed by atoms with Gasteiger partial charge in [-0.3, -0.25) is 0 Å². The van der Waals surface area contributed by atoms with E-state index in [1.54, 1.807) is 0 Å². The summed E-state index contributed by atoms with van der Waals surface area (Å²) < 4.78 is 0. The molecule has 0 aromatic heterocycles. The van der Waals surface area contributed by atoms with E-state index in [0.29, 0.717) is 0 Å². The SMILES string of the molecule is C=C1C=CC(=Nc2ccc(Nc3ccc(Nc4ccc(C)cc4)cc3)cc2)C=C1. The van der Waals surface area contributed by atoms with E-state index in [0.717, 1.165) is 39.7 Å². The van der Waals surface area contributed by atoms with Crippen molar-refractivity contribution in [3.05, 3.63) is 115 Å². The van der Waals surface area contributed by atoms with E-state index in [1.165, 1.54) is 5.56 Å². The average Bonchev–Trinajstić information content (AvgIpc) is 2.74. The van der Waals surface area contributed by atoms with E-state index in [2.05, 4.69) is 77.7 Å². The summed E-state index contributed by atoms with van der Waals surface area (Å²) in [5, 5.41) is 6.84. The molecule has 1 aliphatic carbocycles. The summed E-state index contributed by atoms with van der Waals surface area (Å²) in [7, 11) is 0. The van der Waals surface area contributed by atoms with Crippen LogP contribution in [-0.4, -0.2) is 5.71 Å². The molecule has 3 aromatic carbocycles. The number of anilines is 4. The number of benzene rings is 3. The van der Waals surface area contributed by atoms with Gasteiger partial charge < -0.3 is 10.6 Å². The lowest BCUT2D eigenvalue weighted by Gasteiger charge is -2.10. The monoisotopic (exact) mass is 377 g/mol. The molecule has 3 nitrogen and oxygen atoms in total. The first-order valence-corrected chi connectivity index (χ1v) is 9.59. The van der Waals surface area contributed by atoms with Crippen molar-refractivity contribution in [1.29, 1.82) is 0 Å². The van der Waals surface area contributed by atoms with Gasteiger partial charge in [-0.15, -0.1) is 0 Å². The highest BCUT2D eigenvalue weighted by Crippen LogP contribution is 2.24. The van der Waals surface area contributed by atoms with Crippen LogP contribution in [0, 0.1) is 6.92 Å². The van der Waals surface area contributed by atoms with Crippen LogP contribution in [0.25, 0.3) is 0 Å². The molecule has 3 heteroatoms. The van der Waals surface area contributed by atoms with Crippen LogP contribution in [0.4, 0.5) is 28.4 Å². The zero-order valence-electron chi connectivity index (χ0n) is 16.4. The Kier molecular flexibility index (Phi) is 5.39. The number of hydrogen-bond donors (Lipinski definition) is 2. The van der Waals surface area contributed by atoms with E-state index in [9.17, 15) is 0 Å². The van der Waals surface area contributed by atoms with Gasteiger partial charge >= 0.3 is 0 Å². The van der Waals surface area contributed by atoms with Crippen LogP contribution in [0.2, 0.25) is 0 Å². The summed E-state index contributed by atoms with van der Waals surface area (Å²) in [4.78, 5) is 4.62. The first-order chi connectivity index (χ1) is 14.1. The molecule has 0 radical (unpaired) electrons. The zero-order chi connectivity index (χ0) is 20.1. The third-order valence-electron chi connectivity index (χ3n) is 4.58. The van der Waals surface area contributed by atoms with Crippen molar-refractivity contribution in [2.75, 3.05) is 10.6 Å². The summed E-state index contributed by atoms with van der Waals surface area (Å²) in [5.41, 5.74) is 8.29. The predicted molar refractivity (Wildman–Crippen MR) is 125 cm³/mol. The molecule has 1 aliphatic rings. The molecule has 0 unspecified atom stereocenters. The molecule has 0 saturated carbocycles. The second kappa shape index (κ2) is 8.44. The van der Waals surface area contributed by atoms with Gasteiger partial charge in [0.2, 0.25) is 0 Å². The summed E-state index contributed by atoms with van der Waals surface area (Å²) in [6.07, 6.45) is 7.87. The van der Waals surface area contributed by atoms with Gasteiger partial charge in [0, 0.05) is 22.7 Å². The molecule has 0 bridgehead atoms. The first kappa shape index (κ1) is 18.5. The van der Waals surface area contributed by atoms with Gasteiger partial charge in [0.1, 0.15) is 0 Å². The topological polar surface area (TPSA) is 36.4 Å². The van der Waals surface area contributed by atoms with Crippen molar-refractivity contribution in [3.8, 4) is 0 Å². The van der Waals surface area contributed by atoms with E-state index in [-0.39, 0.29) is 0 Å². The maximum atomic E-state index is 4.62. The molecular weight excluding hydrogens is 354 g/mol. The molecule has 142 valence electrons. The maximum Gasteiger partial charge on any atom is 0.0638 e. The van der Waals surface area contributed by atoms with Crippen LogP contribution in [0.5, 0.6) is 0 Å². The molecule has 0 heterocycles. The summed E-state index contributed by atoms with van der Waals surface area (Å²) in [5.74, 6) is 0. The van der Waals surface area contributed by atoms with Gasteiger partial charge in [-0.25, -0.2) is 4.99 Å². The van der Waals surface area contributed by atoms with E-state index < -0.39 is 0 Å². The quantitative estimate of drug-likeness (QED) is 0.492. The molecule has 3 aromatic rings. The molecule has 0 saturated heterocycles. The van der Waals surface area contributed by atoms with Crippen LogP contribution < -0.4 is 10.6 Å². The van der Waals surface area contributed by atoms with E-state index in [1.807, 2.05) is 48.6 Å². The van der Waals surface area contributed by atoms with Gasteiger partial charge in [-0.05, 0) is 85.3 Å². The summed E-state index contributed by atoms with van der Waals surface area (Å²) in [6.45, 7) is 5.98. The second-order valence-corrected chi connectivity index (χ2v) is 7.02. The molecule has 0 aliphatic heterocycles. The molecule has 0 spiro atoms. The molecule has 4 rings (SSSR count). The van der Waals surface area contributed by atoms with Crippen molar-refractivity contribution in [3.63, 3.8) is 0 Å². The highest BCUT2D eigenvalue weighted by atomic mass is 14.9. The van der Waals surface area contributed by atoms with Crippen LogP contribution >= 0.6 is 0 Å². The van der Waals surface area contributed by atoms with Gasteiger partial charge in [-0.2, -0.15) is 0 Å². The Labute approximate surface area is 171 Å². The third kappa shape index (κ3) is 5.11. The molecule has 0 amide bonds. The fraction of sp³-hybridized carbons (Fsp3) is 0.0385. The zero-order valence-corrected chi connectivity index (χ0v) is 16.4. The number of aliphatic imine (C=N–C) groups is 1. The fourth-order valence-electron chi connectivity index (χ4n) is 2.95. The van der Waals surface area contributed by atoms with Crippen molar-refractivity contribution in [1.82, 2.24) is 0 Å². The number of rotatable bonds is 5. The van der Waals surface area contributed by atoms with Crippen LogP contribution in [0.3, 0.4) is 0 Å². The number of nitrogens with one attached hydrogen (secondary N) is 2. The minimum Gasteiger partial charge on any atom is -0.356 e. The Morgan fingerprint density at radius 3 is 1.48 bits per heavy atom. The lowest BCUT2D eigenvalue weighted by Crippen LogP contribution is -1.93. The van der Waals surface area contributed by atoms with Gasteiger partial charge in [0.25, 0.3) is 0 Å². The van der Waals surface area contributed by atoms with Crippen molar-refractivity contribution >= 4 is 34.1 Å². The first-order valence-electron chi connectivity index (χ1n) is 9.59. The average molecular weight is 377 g/mol. The molecular formula is C26H23N3. The number of hydrogen-bond acceptors (Lipinski definition) is 3. The number of nitrogens with zero attached hydrogens (tertiary/aromatic N) is 1. The maximum absolute atomic E-state index is 4.62. The molecule has 0 atom stereocenters. The number of aryl methyl sites for hydroxylation is 1. The summed E-state index contributed by atoms with van der Waals surface area (Å²) >= 11 is 0. The lowest BCUT2D eigenvalue weighted by molar-refractivity contribution is 1.45. The minimum absolute atomic E-state index is 0.921. The van der Waals surface area contributed by atoms with Crippen LogP contribution in [-0.2, 0) is 0 Å². The highest BCUT2D eigenvalue weighted by molar-refractivity contribution is 6.07. The molecule has 0 fully saturated rings. The van der Waals surface area contributed by atoms with E-state index >= 15 is 0 Å². The van der Waals surface area contributed by atoms with Gasteiger partial charge in [0.15, 0.2) is 0 Å². The second-order valence-electron chi connectivity index (χ2n) is 7.02. The minimum atomic E-state index is 0.921. The Balaban J connectivity index is 1.38. The van der Waals surface area contributed by atoms with Crippen LogP contribution in [0.15, 0.2) is 114 Å². The Bertz CT molecular complexity index is 1070. The highest BCUT2D eigenvalue weighted by Gasteiger charge is 2.00. The molecule has 2 N–H and O–H groups in total. The lowest BCUT2D eigenvalue weighted by atomic mass is 10.1. The smallest absolute Gasteiger partial charge is 0.0638 e. The predicted octanol–water partition coefficient (Wildman–Crippen LogP) is 7.24. The Morgan fingerprint density at radius 1 is 0.586 bits per heavy atom.